The summed E-state index contributed by atoms with van der Waals surface area (Å²) in [5, 5.41) is 25.2. The molecule has 1 aliphatic rings. The third kappa shape index (κ3) is 4.93. The van der Waals surface area contributed by atoms with Crippen LogP contribution in [0.1, 0.15) is 33.3 Å². The summed E-state index contributed by atoms with van der Waals surface area (Å²) < 4.78 is 3.48. The molecule has 1 aromatic carbocycles. The molecule has 3 N–H and O–H groups in total. The number of amides is 2. The van der Waals surface area contributed by atoms with Gasteiger partial charge in [-0.1, -0.05) is 17.4 Å². The lowest BCUT2D eigenvalue weighted by Gasteiger charge is -2.16. The first kappa shape index (κ1) is 23.5. The van der Waals surface area contributed by atoms with E-state index in [2.05, 4.69) is 25.8 Å². The van der Waals surface area contributed by atoms with E-state index in [0.717, 1.165) is 12.0 Å². The van der Waals surface area contributed by atoms with E-state index in [1.165, 1.54) is 17.5 Å². The summed E-state index contributed by atoms with van der Waals surface area (Å²) in [6.45, 7) is 5.13. The number of anilines is 3. The van der Waals surface area contributed by atoms with E-state index in [0.29, 0.717) is 40.2 Å². The van der Waals surface area contributed by atoms with E-state index in [9.17, 15) is 14.7 Å². The number of nitrogens with one attached hydrogen (secondary N) is 2. The second-order valence-electron chi connectivity index (χ2n) is 8.68. The summed E-state index contributed by atoms with van der Waals surface area (Å²) in [4.78, 5) is 31.9. The minimum absolute atomic E-state index is 0.0383. The lowest BCUT2D eigenvalue weighted by Crippen LogP contribution is -2.32. The summed E-state index contributed by atoms with van der Waals surface area (Å²) in [7, 11) is 0. The van der Waals surface area contributed by atoms with E-state index in [1.54, 1.807) is 42.2 Å². The summed E-state index contributed by atoms with van der Waals surface area (Å²) in [5.41, 5.74) is 2.07. The fourth-order valence-corrected chi connectivity index (χ4v) is 4.89. The van der Waals surface area contributed by atoms with Gasteiger partial charge in [0.05, 0.1) is 17.9 Å². The number of benzene rings is 1. The summed E-state index contributed by atoms with van der Waals surface area (Å²) in [5.74, 6) is 0.480. The van der Waals surface area contributed by atoms with Gasteiger partial charge in [-0.15, -0.1) is 0 Å². The Balaban J connectivity index is 1.18. The van der Waals surface area contributed by atoms with E-state index in [4.69, 9.17) is 0 Å². The van der Waals surface area contributed by atoms with Crippen molar-refractivity contribution >= 4 is 39.8 Å². The van der Waals surface area contributed by atoms with Crippen LogP contribution in [0.25, 0.3) is 0 Å². The number of nitrogens with zero attached hydrogens (tertiary/aromatic N) is 6. The predicted molar refractivity (Wildman–Crippen MR) is 136 cm³/mol. The normalized spacial score (nSPS) is 15.3. The highest BCUT2D eigenvalue weighted by Gasteiger charge is 2.28. The molecule has 0 saturated carbocycles. The summed E-state index contributed by atoms with van der Waals surface area (Å²) >= 11 is 1.21. The number of hydrogen-bond acceptors (Lipinski definition) is 8. The van der Waals surface area contributed by atoms with Gasteiger partial charge in [0.1, 0.15) is 17.2 Å². The molecule has 2 amide bonds. The molecule has 4 aromatic rings. The van der Waals surface area contributed by atoms with E-state index in [1.807, 2.05) is 28.8 Å². The molecule has 3 aromatic heterocycles. The lowest BCUT2D eigenvalue weighted by atomic mass is 10.1. The van der Waals surface area contributed by atoms with Crippen molar-refractivity contribution in [1.82, 2.24) is 29.4 Å². The SMILES string of the molecule is Cc1ccc(O)c(C)c1NC(=O)c1cnc(Nc2ccn([C@@H]3CCN(C(=O)Cn4cccn4)C3)n2)s1. The zero-order chi connectivity index (χ0) is 25.2. The van der Waals surface area contributed by atoms with Crippen molar-refractivity contribution in [2.75, 3.05) is 23.7 Å². The Kier molecular flexibility index (Phi) is 6.42. The van der Waals surface area contributed by atoms with E-state index in [-0.39, 0.29) is 30.2 Å². The van der Waals surface area contributed by atoms with Gasteiger partial charge >= 0.3 is 0 Å². The van der Waals surface area contributed by atoms with Gasteiger partial charge in [0, 0.05) is 43.3 Å². The van der Waals surface area contributed by atoms with Crippen molar-refractivity contribution in [2.24, 2.45) is 0 Å². The second kappa shape index (κ2) is 9.82. The highest BCUT2D eigenvalue weighted by atomic mass is 32.1. The molecule has 0 spiro atoms. The smallest absolute Gasteiger partial charge is 0.267 e. The largest absolute Gasteiger partial charge is 0.508 e. The molecule has 0 bridgehead atoms. The highest BCUT2D eigenvalue weighted by Crippen LogP contribution is 2.30. The molecule has 1 aliphatic heterocycles. The van der Waals surface area contributed by atoms with Gasteiger partial charge in [-0.25, -0.2) is 4.98 Å². The monoisotopic (exact) mass is 506 g/mol. The van der Waals surface area contributed by atoms with Gasteiger partial charge in [0.15, 0.2) is 10.9 Å². The number of hydrogen-bond donors (Lipinski definition) is 3. The number of carbonyl (C=O) groups is 2. The predicted octanol–water partition coefficient (Wildman–Crippen LogP) is 3.33. The van der Waals surface area contributed by atoms with Crippen LogP contribution in [0.3, 0.4) is 0 Å². The van der Waals surface area contributed by atoms with Gasteiger partial charge in [0.25, 0.3) is 5.91 Å². The number of thiazole rings is 1. The highest BCUT2D eigenvalue weighted by molar-refractivity contribution is 7.17. The maximum atomic E-state index is 12.8. The molecule has 36 heavy (non-hydrogen) atoms. The van der Waals surface area contributed by atoms with Crippen LogP contribution >= 0.6 is 11.3 Å². The number of aromatic hydroxyl groups is 1. The van der Waals surface area contributed by atoms with Crippen LogP contribution in [-0.2, 0) is 11.3 Å². The van der Waals surface area contributed by atoms with E-state index >= 15 is 0 Å². The molecule has 186 valence electrons. The van der Waals surface area contributed by atoms with Crippen LogP contribution in [0.15, 0.2) is 49.1 Å². The number of phenolic OH excluding ortho intramolecular Hbond substituents is 1. The Morgan fingerprint density at radius 3 is 2.89 bits per heavy atom. The lowest BCUT2D eigenvalue weighted by molar-refractivity contribution is -0.131. The summed E-state index contributed by atoms with van der Waals surface area (Å²) in [6, 6.07) is 7.10. The minimum Gasteiger partial charge on any atom is -0.508 e. The third-order valence-corrected chi connectivity index (χ3v) is 7.11. The van der Waals surface area contributed by atoms with Crippen molar-refractivity contribution in [3.05, 3.63) is 65.1 Å². The van der Waals surface area contributed by atoms with Crippen molar-refractivity contribution in [2.45, 2.75) is 32.9 Å². The fourth-order valence-electron chi connectivity index (χ4n) is 4.17. The molecule has 1 fully saturated rings. The molecule has 12 heteroatoms. The average Bonchev–Trinajstić information content (AvgIpc) is 3.66. The summed E-state index contributed by atoms with van der Waals surface area (Å²) in [6.07, 6.45) is 7.64. The first-order valence-electron chi connectivity index (χ1n) is 11.5. The van der Waals surface area contributed by atoms with Gasteiger partial charge in [0.2, 0.25) is 5.91 Å². The topological polar surface area (TPSA) is 130 Å². The molecular formula is C24H26N8O3S. The number of phenols is 1. The van der Waals surface area contributed by atoms with Crippen LogP contribution in [0, 0.1) is 13.8 Å². The number of likely N-dealkylation sites (tertiary alicyclic amines) is 1. The van der Waals surface area contributed by atoms with Gasteiger partial charge < -0.3 is 20.6 Å². The second-order valence-corrected chi connectivity index (χ2v) is 9.71. The Labute approximate surface area is 211 Å². The maximum Gasteiger partial charge on any atom is 0.267 e. The molecule has 11 nitrogen and oxygen atoms in total. The fraction of sp³-hybridized carbons (Fsp3) is 0.292. The molecule has 1 atom stereocenters. The van der Waals surface area contributed by atoms with Crippen molar-refractivity contribution in [3.8, 4) is 5.75 Å². The quantitative estimate of drug-likeness (QED) is 0.350. The number of carbonyl (C=O) groups excluding carboxylic acids is 2. The van der Waals surface area contributed by atoms with Crippen LogP contribution in [0.5, 0.6) is 5.75 Å². The zero-order valence-electron chi connectivity index (χ0n) is 19.9. The zero-order valence-corrected chi connectivity index (χ0v) is 20.7. The number of rotatable bonds is 7. The van der Waals surface area contributed by atoms with Crippen molar-refractivity contribution in [3.63, 3.8) is 0 Å². The molecule has 4 heterocycles. The Bertz CT molecular complexity index is 1390. The first-order valence-corrected chi connectivity index (χ1v) is 12.3. The molecule has 0 unspecified atom stereocenters. The Morgan fingerprint density at radius 1 is 1.22 bits per heavy atom. The molecule has 1 saturated heterocycles. The molecular weight excluding hydrogens is 480 g/mol. The van der Waals surface area contributed by atoms with Crippen LogP contribution in [-0.4, -0.2) is 59.5 Å². The van der Waals surface area contributed by atoms with Crippen molar-refractivity contribution in [1.29, 1.82) is 0 Å². The van der Waals surface area contributed by atoms with Crippen LogP contribution in [0.4, 0.5) is 16.6 Å². The van der Waals surface area contributed by atoms with E-state index < -0.39 is 0 Å². The van der Waals surface area contributed by atoms with Gasteiger partial charge in [-0.3, -0.25) is 19.0 Å². The molecule has 5 rings (SSSR count). The average molecular weight is 507 g/mol. The Hall–Kier alpha value is -4.19. The molecule has 0 radical (unpaired) electrons. The third-order valence-electron chi connectivity index (χ3n) is 6.20. The van der Waals surface area contributed by atoms with Crippen molar-refractivity contribution < 1.29 is 14.7 Å². The van der Waals surface area contributed by atoms with Crippen LogP contribution in [0.2, 0.25) is 0 Å². The number of aromatic nitrogens is 5. The van der Waals surface area contributed by atoms with Gasteiger partial charge in [-0.2, -0.15) is 10.2 Å². The van der Waals surface area contributed by atoms with Gasteiger partial charge in [-0.05, 0) is 38.0 Å². The standard InChI is InChI=1S/C24H26N8O3S/c1-15-4-5-18(33)16(2)22(15)28-23(35)19-12-25-24(36-19)27-20-7-11-32(29-20)17-6-10-30(13-17)21(34)14-31-9-3-8-26-31/h3-5,7-9,11-12,17,33H,6,10,13-14H2,1-2H3,(H,28,35)(H,25,27,29)/t17-/m1/s1. The number of aryl methyl sites for hydroxylation is 1. The Morgan fingerprint density at radius 2 is 2.08 bits per heavy atom. The molecule has 0 aliphatic carbocycles. The maximum absolute atomic E-state index is 12.8. The minimum atomic E-state index is -0.297. The first-order chi connectivity index (χ1) is 17.4. The van der Waals surface area contributed by atoms with Crippen LogP contribution < -0.4 is 10.6 Å².